The van der Waals surface area contributed by atoms with Gasteiger partial charge >= 0.3 is 0 Å². The van der Waals surface area contributed by atoms with Crippen LogP contribution in [0.3, 0.4) is 0 Å². The van der Waals surface area contributed by atoms with Crippen LogP contribution in [-0.2, 0) is 11.3 Å². The van der Waals surface area contributed by atoms with Gasteiger partial charge in [-0.2, -0.15) is 0 Å². The molecule has 16 heavy (non-hydrogen) atoms. The number of halogens is 1. The molecule has 0 aromatic heterocycles. The lowest BCUT2D eigenvalue weighted by Crippen LogP contribution is -2.29. The molecule has 0 unspecified atom stereocenters. The molecule has 1 aliphatic rings. The summed E-state index contributed by atoms with van der Waals surface area (Å²) in [6.45, 7) is 3.97. The van der Waals surface area contributed by atoms with E-state index in [1.165, 1.54) is 18.4 Å². The largest absolute Gasteiger partial charge is 0.376 e. The fraction of sp³-hybridized carbons (Fsp3) is 0.538. The summed E-state index contributed by atoms with van der Waals surface area (Å²) in [5.74, 6) is 0.759. The van der Waals surface area contributed by atoms with Gasteiger partial charge in [-0.25, -0.2) is 0 Å². The zero-order valence-corrected chi connectivity index (χ0v) is 10.3. The smallest absolute Gasteiger partial charge is 0.0717 e. The number of rotatable bonds is 4. The summed E-state index contributed by atoms with van der Waals surface area (Å²) >= 11 is 0. The molecular weight excluding hydrogens is 222 g/mol. The van der Waals surface area contributed by atoms with Crippen molar-refractivity contribution in [2.45, 2.75) is 19.4 Å². The predicted octanol–water partition coefficient (Wildman–Crippen LogP) is 2.62. The molecule has 90 valence electrons. The maximum absolute atomic E-state index is 5.73. The number of benzene rings is 1. The Bertz CT molecular complexity index is 273. The van der Waals surface area contributed by atoms with Crippen LogP contribution < -0.4 is 5.32 Å². The van der Waals surface area contributed by atoms with Gasteiger partial charge in [0.05, 0.1) is 6.61 Å². The second-order valence-corrected chi connectivity index (χ2v) is 4.19. The highest BCUT2D eigenvalue weighted by molar-refractivity contribution is 5.85. The molecule has 1 aromatic rings. The van der Waals surface area contributed by atoms with Crippen LogP contribution in [0, 0.1) is 5.92 Å². The maximum atomic E-state index is 5.73. The molecule has 2 rings (SSSR count). The van der Waals surface area contributed by atoms with E-state index in [1.54, 1.807) is 0 Å². The van der Waals surface area contributed by atoms with Gasteiger partial charge in [0.25, 0.3) is 0 Å². The molecule has 3 heteroatoms. The van der Waals surface area contributed by atoms with Crippen molar-refractivity contribution in [2.75, 3.05) is 19.7 Å². The van der Waals surface area contributed by atoms with Gasteiger partial charge in [-0.3, -0.25) is 0 Å². The Morgan fingerprint density at radius 2 is 1.81 bits per heavy atom. The van der Waals surface area contributed by atoms with Gasteiger partial charge in [0.15, 0.2) is 0 Å². The number of hydrogen-bond acceptors (Lipinski definition) is 2. The summed E-state index contributed by atoms with van der Waals surface area (Å²) in [4.78, 5) is 0. The van der Waals surface area contributed by atoms with Crippen molar-refractivity contribution in [1.82, 2.24) is 5.32 Å². The molecule has 0 radical (unpaired) electrons. The zero-order valence-electron chi connectivity index (χ0n) is 9.52. The molecular formula is C13H20ClNO. The maximum Gasteiger partial charge on any atom is 0.0717 e. The Hall–Kier alpha value is -0.570. The Labute approximate surface area is 104 Å². The second-order valence-electron chi connectivity index (χ2n) is 4.19. The Morgan fingerprint density at radius 1 is 1.12 bits per heavy atom. The minimum Gasteiger partial charge on any atom is -0.376 e. The first-order valence-corrected chi connectivity index (χ1v) is 5.77. The SMILES string of the molecule is Cl.c1ccc(COCC2CCNCC2)cc1. The minimum absolute atomic E-state index is 0. The summed E-state index contributed by atoms with van der Waals surface area (Å²) in [7, 11) is 0. The van der Waals surface area contributed by atoms with E-state index < -0.39 is 0 Å². The molecule has 0 amide bonds. The van der Waals surface area contributed by atoms with Crippen molar-refractivity contribution in [3.8, 4) is 0 Å². The molecule has 1 fully saturated rings. The predicted molar refractivity (Wildman–Crippen MR) is 68.9 cm³/mol. The van der Waals surface area contributed by atoms with Crippen LogP contribution in [0.25, 0.3) is 0 Å². The first-order valence-electron chi connectivity index (χ1n) is 5.77. The first kappa shape index (κ1) is 13.5. The normalized spacial score (nSPS) is 16.8. The minimum atomic E-state index is 0. The summed E-state index contributed by atoms with van der Waals surface area (Å²) in [6.07, 6.45) is 2.52. The van der Waals surface area contributed by atoms with Gasteiger partial charge in [-0.15, -0.1) is 12.4 Å². The van der Waals surface area contributed by atoms with Crippen LogP contribution in [0.4, 0.5) is 0 Å². The van der Waals surface area contributed by atoms with E-state index in [0.29, 0.717) is 0 Å². The molecule has 0 saturated carbocycles. The van der Waals surface area contributed by atoms with Crippen LogP contribution in [0.2, 0.25) is 0 Å². The van der Waals surface area contributed by atoms with Crippen LogP contribution in [0.5, 0.6) is 0 Å². The molecule has 1 aromatic carbocycles. The van der Waals surface area contributed by atoms with Crippen molar-refractivity contribution >= 4 is 12.4 Å². The van der Waals surface area contributed by atoms with E-state index in [9.17, 15) is 0 Å². The molecule has 0 atom stereocenters. The molecule has 0 bridgehead atoms. The van der Waals surface area contributed by atoms with Crippen LogP contribution in [0.1, 0.15) is 18.4 Å². The van der Waals surface area contributed by atoms with Crippen LogP contribution in [-0.4, -0.2) is 19.7 Å². The summed E-state index contributed by atoms with van der Waals surface area (Å²) in [6, 6.07) is 10.4. The van der Waals surface area contributed by atoms with Gasteiger partial charge in [0.2, 0.25) is 0 Å². The van der Waals surface area contributed by atoms with E-state index in [2.05, 4.69) is 29.6 Å². The third-order valence-corrected chi connectivity index (χ3v) is 2.92. The van der Waals surface area contributed by atoms with Gasteiger partial charge in [0, 0.05) is 6.61 Å². The highest BCUT2D eigenvalue weighted by Crippen LogP contribution is 2.12. The van der Waals surface area contributed by atoms with Gasteiger partial charge < -0.3 is 10.1 Å². The van der Waals surface area contributed by atoms with E-state index in [0.717, 1.165) is 32.2 Å². The van der Waals surface area contributed by atoms with Gasteiger partial charge in [0.1, 0.15) is 0 Å². The lowest BCUT2D eigenvalue weighted by Gasteiger charge is -2.22. The Kier molecular flexibility index (Phi) is 6.46. The fourth-order valence-electron chi connectivity index (χ4n) is 1.97. The molecule has 0 spiro atoms. The topological polar surface area (TPSA) is 21.3 Å². The monoisotopic (exact) mass is 241 g/mol. The van der Waals surface area contributed by atoms with E-state index in [4.69, 9.17) is 4.74 Å². The fourth-order valence-corrected chi connectivity index (χ4v) is 1.97. The number of piperidine rings is 1. The Morgan fingerprint density at radius 3 is 2.50 bits per heavy atom. The molecule has 2 nitrogen and oxygen atoms in total. The van der Waals surface area contributed by atoms with Crippen LogP contribution >= 0.6 is 12.4 Å². The zero-order chi connectivity index (χ0) is 10.3. The third-order valence-electron chi connectivity index (χ3n) is 2.92. The lowest BCUT2D eigenvalue weighted by molar-refractivity contribution is 0.0763. The molecule has 1 N–H and O–H groups in total. The Balaban J connectivity index is 0.00000128. The average Bonchev–Trinajstić information content (AvgIpc) is 2.32. The first-order chi connectivity index (χ1) is 7.45. The molecule has 0 aliphatic carbocycles. The van der Waals surface area contributed by atoms with Crippen molar-refractivity contribution < 1.29 is 4.74 Å². The number of ether oxygens (including phenoxy) is 1. The van der Waals surface area contributed by atoms with Crippen molar-refractivity contribution in [3.63, 3.8) is 0 Å². The van der Waals surface area contributed by atoms with Gasteiger partial charge in [-0.05, 0) is 37.4 Å². The van der Waals surface area contributed by atoms with E-state index in [1.807, 2.05) is 6.07 Å². The summed E-state index contributed by atoms with van der Waals surface area (Å²) in [5, 5.41) is 3.37. The summed E-state index contributed by atoms with van der Waals surface area (Å²) < 4.78 is 5.73. The van der Waals surface area contributed by atoms with E-state index >= 15 is 0 Å². The average molecular weight is 242 g/mol. The molecule has 1 aliphatic heterocycles. The van der Waals surface area contributed by atoms with Crippen LogP contribution in [0.15, 0.2) is 30.3 Å². The second kappa shape index (κ2) is 7.66. The summed E-state index contributed by atoms with van der Waals surface area (Å²) in [5.41, 5.74) is 1.27. The van der Waals surface area contributed by atoms with Crippen molar-refractivity contribution in [3.05, 3.63) is 35.9 Å². The van der Waals surface area contributed by atoms with Gasteiger partial charge in [-0.1, -0.05) is 30.3 Å². The third kappa shape index (κ3) is 4.52. The highest BCUT2D eigenvalue weighted by atomic mass is 35.5. The number of nitrogens with one attached hydrogen (secondary N) is 1. The van der Waals surface area contributed by atoms with Crippen molar-refractivity contribution in [1.29, 1.82) is 0 Å². The highest BCUT2D eigenvalue weighted by Gasteiger charge is 2.12. The lowest BCUT2D eigenvalue weighted by atomic mass is 9.99. The van der Waals surface area contributed by atoms with E-state index in [-0.39, 0.29) is 12.4 Å². The standard InChI is InChI=1S/C13H19NO.ClH/c1-2-4-12(5-3-1)10-15-11-13-6-8-14-9-7-13;/h1-5,13-14H,6-11H2;1H. The quantitative estimate of drug-likeness (QED) is 0.875. The molecule has 1 saturated heterocycles. The molecule has 1 heterocycles. The number of hydrogen-bond donors (Lipinski definition) is 1. The van der Waals surface area contributed by atoms with Crippen molar-refractivity contribution in [2.24, 2.45) is 5.92 Å².